The Balaban J connectivity index is 2.05. The maximum Gasteiger partial charge on any atom is 0.341 e. The molecule has 136 valence electrons. The molecule has 0 aliphatic heterocycles. The van der Waals surface area contributed by atoms with Crippen molar-refractivity contribution in [1.82, 2.24) is 10.2 Å². The number of likely N-dealkylation sites (N-methyl/N-ethyl adjacent to an activating group) is 1. The van der Waals surface area contributed by atoms with Crippen molar-refractivity contribution in [3.05, 3.63) is 23.8 Å². The average molecular weight is 350 g/mol. The van der Waals surface area contributed by atoms with Crippen molar-refractivity contribution < 1.29 is 29.0 Å². The fourth-order valence-corrected chi connectivity index (χ4v) is 2.18. The van der Waals surface area contributed by atoms with Crippen LogP contribution in [0.15, 0.2) is 18.2 Å². The highest BCUT2D eigenvalue weighted by Crippen LogP contribution is 2.29. The highest BCUT2D eigenvalue weighted by molar-refractivity contribution is 5.97. The molecule has 8 heteroatoms. The third kappa shape index (κ3) is 5.66. The normalized spacial score (nSPS) is 13.0. The maximum atomic E-state index is 12.5. The SMILES string of the molecule is CCOc1cc(C(=O)N(C)CC(=O)NC2CC2)ccc1OCC(=O)O. The zero-order chi connectivity index (χ0) is 18.4. The van der Waals surface area contributed by atoms with Gasteiger partial charge >= 0.3 is 5.97 Å². The average Bonchev–Trinajstić information content (AvgIpc) is 3.36. The van der Waals surface area contributed by atoms with Crippen LogP contribution in [0.4, 0.5) is 0 Å². The van der Waals surface area contributed by atoms with Gasteiger partial charge in [-0.05, 0) is 38.0 Å². The van der Waals surface area contributed by atoms with E-state index in [-0.39, 0.29) is 35.9 Å². The molecule has 0 aromatic heterocycles. The van der Waals surface area contributed by atoms with E-state index in [1.54, 1.807) is 14.0 Å². The summed E-state index contributed by atoms with van der Waals surface area (Å²) in [5.74, 6) is -1.11. The minimum absolute atomic E-state index is 0.0312. The van der Waals surface area contributed by atoms with Gasteiger partial charge in [0.05, 0.1) is 13.2 Å². The molecule has 2 rings (SSSR count). The number of carboxylic acids is 1. The van der Waals surface area contributed by atoms with Crippen molar-refractivity contribution >= 4 is 17.8 Å². The van der Waals surface area contributed by atoms with E-state index >= 15 is 0 Å². The molecule has 0 unspecified atom stereocenters. The lowest BCUT2D eigenvalue weighted by Gasteiger charge is -2.18. The number of benzene rings is 1. The highest BCUT2D eigenvalue weighted by atomic mass is 16.5. The van der Waals surface area contributed by atoms with Gasteiger partial charge in [0.25, 0.3) is 5.91 Å². The molecule has 25 heavy (non-hydrogen) atoms. The smallest absolute Gasteiger partial charge is 0.341 e. The van der Waals surface area contributed by atoms with Crippen molar-refractivity contribution in [1.29, 1.82) is 0 Å². The number of nitrogens with zero attached hydrogens (tertiary/aromatic N) is 1. The van der Waals surface area contributed by atoms with Crippen LogP contribution < -0.4 is 14.8 Å². The topological polar surface area (TPSA) is 105 Å². The molecule has 0 heterocycles. The summed E-state index contributed by atoms with van der Waals surface area (Å²) in [6.07, 6.45) is 1.97. The van der Waals surface area contributed by atoms with Crippen molar-refractivity contribution in [2.24, 2.45) is 0 Å². The van der Waals surface area contributed by atoms with Gasteiger partial charge in [0.15, 0.2) is 18.1 Å². The van der Waals surface area contributed by atoms with Crippen molar-refractivity contribution in [3.8, 4) is 11.5 Å². The van der Waals surface area contributed by atoms with E-state index in [4.69, 9.17) is 14.6 Å². The van der Waals surface area contributed by atoms with Crippen molar-refractivity contribution in [3.63, 3.8) is 0 Å². The van der Waals surface area contributed by atoms with Crippen LogP contribution in [0.2, 0.25) is 0 Å². The number of aliphatic carboxylic acids is 1. The molecule has 2 amide bonds. The van der Waals surface area contributed by atoms with Gasteiger partial charge in [0.2, 0.25) is 5.91 Å². The third-order valence-electron chi connectivity index (χ3n) is 3.51. The second-order valence-corrected chi connectivity index (χ2v) is 5.78. The Hall–Kier alpha value is -2.77. The fraction of sp³-hybridized carbons (Fsp3) is 0.471. The number of carboxylic acid groups (broad SMARTS) is 1. The van der Waals surface area contributed by atoms with Gasteiger partial charge in [-0.1, -0.05) is 0 Å². The lowest BCUT2D eigenvalue weighted by Crippen LogP contribution is -2.39. The molecule has 0 radical (unpaired) electrons. The summed E-state index contributed by atoms with van der Waals surface area (Å²) in [6.45, 7) is 1.57. The zero-order valence-electron chi connectivity index (χ0n) is 14.3. The summed E-state index contributed by atoms with van der Waals surface area (Å²) >= 11 is 0. The molecule has 0 spiro atoms. The summed E-state index contributed by atoms with van der Waals surface area (Å²) in [5, 5.41) is 11.5. The molecule has 2 N–H and O–H groups in total. The molecule has 8 nitrogen and oxygen atoms in total. The largest absolute Gasteiger partial charge is 0.490 e. The lowest BCUT2D eigenvalue weighted by atomic mass is 10.1. The third-order valence-corrected chi connectivity index (χ3v) is 3.51. The number of ether oxygens (including phenoxy) is 2. The minimum atomic E-state index is -1.11. The first-order chi connectivity index (χ1) is 11.9. The standard InChI is InChI=1S/C17H22N2O6/c1-3-24-14-8-11(4-7-13(14)25-10-16(21)22)17(23)19(2)9-15(20)18-12-5-6-12/h4,7-8,12H,3,5-6,9-10H2,1-2H3,(H,18,20)(H,21,22). The molecule has 0 saturated heterocycles. The molecule has 1 fully saturated rings. The van der Waals surface area contributed by atoms with Gasteiger partial charge in [-0.2, -0.15) is 0 Å². The fourth-order valence-electron chi connectivity index (χ4n) is 2.18. The molecule has 0 bridgehead atoms. The molecule has 1 aliphatic carbocycles. The molecular weight excluding hydrogens is 328 g/mol. The molecule has 1 aliphatic rings. The summed E-state index contributed by atoms with van der Waals surface area (Å²) in [7, 11) is 1.55. The highest BCUT2D eigenvalue weighted by Gasteiger charge is 2.24. The first kappa shape index (κ1) is 18.6. The van der Waals surface area contributed by atoms with Crippen molar-refractivity contribution in [2.75, 3.05) is 26.8 Å². The van der Waals surface area contributed by atoms with Crippen LogP contribution in [0.1, 0.15) is 30.1 Å². The van der Waals surface area contributed by atoms with E-state index < -0.39 is 12.6 Å². The van der Waals surface area contributed by atoms with Crippen LogP contribution in [0.3, 0.4) is 0 Å². The number of amides is 2. The quantitative estimate of drug-likeness (QED) is 0.685. The second-order valence-electron chi connectivity index (χ2n) is 5.78. The second kappa shape index (κ2) is 8.36. The van der Waals surface area contributed by atoms with Crippen LogP contribution in [0.25, 0.3) is 0 Å². The summed E-state index contributed by atoms with van der Waals surface area (Å²) in [5.41, 5.74) is 0.327. The van der Waals surface area contributed by atoms with Crippen LogP contribution in [0, 0.1) is 0 Å². The predicted octanol–water partition coefficient (Wildman–Crippen LogP) is 0.899. The van der Waals surface area contributed by atoms with Crippen LogP contribution in [-0.4, -0.2) is 60.6 Å². The first-order valence-electron chi connectivity index (χ1n) is 8.07. The van der Waals surface area contributed by atoms with Crippen LogP contribution >= 0.6 is 0 Å². The number of rotatable bonds is 9. The van der Waals surface area contributed by atoms with Gasteiger partial charge in [-0.25, -0.2) is 4.79 Å². The Bertz CT molecular complexity index is 657. The Morgan fingerprint density at radius 3 is 2.56 bits per heavy atom. The number of hydrogen-bond donors (Lipinski definition) is 2. The molecule has 1 aromatic carbocycles. The summed E-state index contributed by atoms with van der Waals surface area (Å²) in [6, 6.07) is 4.72. The Kier molecular flexibility index (Phi) is 6.21. The molecule has 0 atom stereocenters. The van der Waals surface area contributed by atoms with Crippen molar-refractivity contribution in [2.45, 2.75) is 25.8 Å². The number of nitrogens with one attached hydrogen (secondary N) is 1. The van der Waals surface area contributed by atoms with E-state index in [1.807, 2.05) is 0 Å². The van der Waals surface area contributed by atoms with Crippen LogP contribution in [0.5, 0.6) is 11.5 Å². The van der Waals surface area contributed by atoms with E-state index in [9.17, 15) is 14.4 Å². The number of carbonyl (C=O) groups is 3. The van der Waals surface area contributed by atoms with Gasteiger partial charge in [-0.3, -0.25) is 9.59 Å². The maximum absolute atomic E-state index is 12.5. The summed E-state index contributed by atoms with van der Waals surface area (Å²) in [4.78, 5) is 36.2. The Morgan fingerprint density at radius 1 is 1.24 bits per heavy atom. The van der Waals surface area contributed by atoms with Gasteiger partial charge in [0, 0.05) is 18.7 Å². The van der Waals surface area contributed by atoms with E-state index in [1.165, 1.54) is 23.1 Å². The zero-order valence-corrected chi connectivity index (χ0v) is 14.3. The molecule has 1 aromatic rings. The Labute approximate surface area is 145 Å². The van der Waals surface area contributed by atoms with Gasteiger partial charge in [0.1, 0.15) is 0 Å². The molecular formula is C17H22N2O6. The number of carbonyl (C=O) groups excluding carboxylic acids is 2. The van der Waals surface area contributed by atoms with Crippen LogP contribution in [-0.2, 0) is 9.59 Å². The predicted molar refractivity (Wildman–Crippen MR) is 88.9 cm³/mol. The Morgan fingerprint density at radius 2 is 1.96 bits per heavy atom. The molecule has 1 saturated carbocycles. The van der Waals surface area contributed by atoms with E-state index in [2.05, 4.69) is 5.32 Å². The van der Waals surface area contributed by atoms with Gasteiger partial charge < -0.3 is 24.8 Å². The lowest BCUT2D eigenvalue weighted by molar-refractivity contribution is -0.139. The monoisotopic (exact) mass is 350 g/mol. The summed E-state index contributed by atoms with van der Waals surface area (Å²) < 4.78 is 10.6. The minimum Gasteiger partial charge on any atom is -0.490 e. The number of hydrogen-bond acceptors (Lipinski definition) is 5. The van der Waals surface area contributed by atoms with Gasteiger partial charge in [-0.15, -0.1) is 0 Å². The van der Waals surface area contributed by atoms with E-state index in [0.29, 0.717) is 12.2 Å². The first-order valence-corrected chi connectivity index (χ1v) is 8.07. The van der Waals surface area contributed by atoms with E-state index in [0.717, 1.165) is 12.8 Å².